The third kappa shape index (κ3) is 51.0. The first-order chi connectivity index (χ1) is 6.04. The maximum Gasteiger partial charge on any atom is 0.0857 e. The number of hydrogen-bond donors (Lipinski definition) is 0. The van der Waals surface area contributed by atoms with Crippen LogP contribution in [0.1, 0.15) is 54.9 Å². The van der Waals surface area contributed by atoms with Gasteiger partial charge in [-0.05, 0) is 19.8 Å². The highest BCUT2D eigenvalue weighted by Gasteiger charge is 1.80. The third-order valence-corrected chi connectivity index (χ3v) is 1.21. The Bertz CT molecular complexity index is 85.1. The highest BCUT2D eigenvalue weighted by molar-refractivity contribution is 4.72. The SMILES string of the molecule is C=C(C)OCC.CC.CCC(C)C. The summed E-state index contributed by atoms with van der Waals surface area (Å²) in [6.45, 7) is 18.7. The summed E-state index contributed by atoms with van der Waals surface area (Å²) in [7, 11) is 0. The summed E-state index contributed by atoms with van der Waals surface area (Å²) in [5, 5.41) is 0. The number of hydrogen-bond acceptors (Lipinski definition) is 1. The van der Waals surface area contributed by atoms with Gasteiger partial charge in [0, 0.05) is 0 Å². The van der Waals surface area contributed by atoms with Crippen molar-refractivity contribution >= 4 is 0 Å². The van der Waals surface area contributed by atoms with Gasteiger partial charge in [0.25, 0.3) is 0 Å². The molecule has 0 heterocycles. The molecule has 1 heteroatoms. The Morgan fingerprint density at radius 2 is 1.54 bits per heavy atom. The molecule has 0 unspecified atom stereocenters. The topological polar surface area (TPSA) is 9.23 Å². The maximum atomic E-state index is 4.85. The van der Waals surface area contributed by atoms with E-state index in [2.05, 4.69) is 27.4 Å². The Morgan fingerprint density at radius 1 is 1.23 bits per heavy atom. The summed E-state index contributed by atoms with van der Waals surface area (Å²) >= 11 is 0. The van der Waals surface area contributed by atoms with Crippen molar-refractivity contribution in [2.75, 3.05) is 6.61 Å². The van der Waals surface area contributed by atoms with E-state index in [9.17, 15) is 0 Å². The summed E-state index contributed by atoms with van der Waals surface area (Å²) in [4.78, 5) is 0. The largest absolute Gasteiger partial charge is 0.499 e. The highest BCUT2D eigenvalue weighted by Crippen LogP contribution is 1.93. The average molecular weight is 188 g/mol. The van der Waals surface area contributed by atoms with Gasteiger partial charge in [0.15, 0.2) is 0 Å². The van der Waals surface area contributed by atoms with Crippen LogP contribution in [-0.4, -0.2) is 6.61 Å². The van der Waals surface area contributed by atoms with Gasteiger partial charge < -0.3 is 4.74 Å². The van der Waals surface area contributed by atoms with Crippen LogP contribution in [0.3, 0.4) is 0 Å². The van der Waals surface area contributed by atoms with Crippen LogP contribution >= 0.6 is 0 Å². The van der Waals surface area contributed by atoms with E-state index in [0.29, 0.717) is 0 Å². The first-order valence-corrected chi connectivity index (χ1v) is 5.32. The van der Waals surface area contributed by atoms with Gasteiger partial charge >= 0.3 is 0 Å². The van der Waals surface area contributed by atoms with Gasteiger partial charge in [-0.25, -0.2) is 0 Å². The predicted molar refractivity (Wildman–Crippen MR) is 62.9 cm³/mol. The standard InChI is InChI=1S/C5H10O.C5H12.C2H6/c1-4-6-5(2)3;1-4-5(2)3;1-2/h2,4H2,1,3H3;5H,4H2,1-3H3;1-2H3. The first kappa shape index (κ1) is 18.3. The van der Waals surface area contributed by atoms with Crippen LogP contribution in [0.25, 0.3) is 0 Å². The lowest BCUT2D eigenvalue weighted by atomic mass is 10.2. The zero-order valence-corrected chi connectivity index (χ0v) is 10.6. The van der Waals surface area contributed by atoms with Gasteiger partial charge in [-0.15, -0.1) is 0 Å². The molecule has 0 N–H and O–H groups in total. The molecule has 0 radical (unpaired) electrons. The zero-order valence-electron chi connectivity index (χ0n) is 10.6. The summed E-state index contributed by atoms with van der Waals surface area (Å²) < 4.78 is 4.85. The van der Waals surface area contributed by atoms with Gasteiger partial charge in [0.2, 0.25) is 0 Å². The molecule has 0 rings (SSSR count). The summed E-state index contributed by atoms with van der Waals surface area (Å²) in [5.74, 6) is 1.67. The van der Waals surface area contributed by atoms with Crippen LogP contribution in [0.4, 0.5) is 0 Å². The number of ether oxygens (including phenoxy) is 1. The van der Waals surface area contributed by atoms with Crippen molar-refractivity contribution in [3.63, 3.8) is 0 Å². The quantitative estimate of drug-likeness (QED) is 0.586. The molecular weight excluding hydrogens is 160 g/mol. The average Bonchev–Trinajstić information content (AvgIpc) is 2.09. The molecule has 0 spiro atoms. The normalized spacial score (nSPS) is 7.69. The molecular formula is C12H28O. The van der Waals surface area contributed by atoms with Crippen LogP contribution in [0.5, 0.6) is 0 Å². The Hall–Kier alpha value is -0.460. The van der Waals surface area contributed by atoms with E-state index in [-0.39, 0.29) is 0 Å². The third-order valence-electron chi connectivity index (χ3n) is 1.21. The Kier molecular flexibility index (Phi) is 24.8. The fourth-order valence-corrected chi connectivity index (χ4v) is 0.246. The molecule has 0 aliphatic rings. The fourth-order valence-electron chi connectivity index (χ4n) is 0.246. The van der Waals surface area contributed by atoms with Gasteiger partial charge in [-0.2, -0.15) is 0 Å². The van der Waals surface area contributed by atoms with Gasteiger partial charge in [0.1, 0.15) is 0 Å². The molecule has 0 aliphatic carbocycles. The molecule has 13 heavy (non-hydrogen) atoms. The Morgan fingerprint density at radius 3 is 1.54 bits per heavy atom. The lowest BCUT2D eigenvalue weighted by molar-refractivity contribution is 0.233. The molecule has 0 fully saturated rings. The van der Waals surface area contributed by atoms with E-state index >= 15 is 0 Å². The molecule has 0 amide bonds. The Balaban J connectivity index is -0.000000131. The van der Waals surface area contributed by atoms with Crippen molar-refractivity contribution in [3.05, 3.63) is 12.3 Å². The number of rotatable bonds is 3. The molecule has 0 saturated heterocycles. The second-order valence-corrected chi connectivity index (χ2v) is 2.94. The molecule has 0 saturated carbocycles. The Labute approximate surface area is 85.2 Å². The minimum Gasteiger partial charge on any atom is -0.499 e. The van der Waals surface area contributed by atoms with E-state index in [0.717, 1.165) is 18.3 Å². The second kappa shape index (κ2) is 17.6. The van der Waals surface area contributed by atoms with Crippen LogP contribution in [-0.2, 0) is 4.74 Å². The molecule has 0 aliphatic heterocycles. The van der Waals surface area contributed by atoms with Crippen LogP contribution in [0.15, 0.2) is 12.3 Å². The summed E-state index contributed by atoms with van der Waals surface area (Å²) in [5.41, 5.74) is 0. The van der Waals surface area contributed by atoms with E-state index in [1.165, 1.54) is 6.42 Å². The first-order valence-electron chi connectivity index (χ1n) is 5.32. The van der Waals surface area contributed by atoms with Crippen molar-refractivity contribution in [2.24, 2.45) is 5.92 Å². The predicted octanol–water partition coefficient (Wildman–Crippen LogP) is 4.64. The minimum atomic E-state index is 0.731. The van der Waals surface area contributed by atoms with Gasteiger partial charge in [0.05, 0.1) is 12.4 Å². The van der Waals surface area contributed by atoms with Crippen LogP contribution < -0.4 is 0 Å². The molecule has 0 aromatic carbocycles. The van der Waals surface area contributed by atoms with Crippen molar-refractivity contribution < 1.29 is 4.74 Å². The molecule has 0 atom stereocenters. The van der Waals surface area contributed by atoms with E-state index in [1.54, 1.807) is 0 Å². The van der Waals surface area contributed by atoms with Gasteiger partial charge in [-0.3, -0.25) is 0 Å². The highest BCUT2D eigenvalue weighted by atomic mass is 16.5. The number of allylic oxidation sites excluding steroid dienone is 1. The zero-order chi connectivity index (χ0) is 11.3. The summed E-state index contributed by atoms with van der Waals surface area (Å²) in [6, 6.07) is 0. The van der Waals surface area contributed by atoms with Crippen molar-refractivity contribution in [2.45, 2.75) is 54.9 Å². The monoisotopic (exact) mass is 188 g/mol. The summed E-state index contributed by atoms with van der Waals surface area (Å²) in [6.07, 6.45) is 1.31. The lowest BCUT2D eigenvalue weighted by Crippen LogP contribution is -1.81. The second-order valence-electron chi connectivity index (χ2n) is 2.94. The van der Waals surface area contributed by atoms with Crippen LogP contribution in [0.2, 0.25) is 0 Å². The van der Waals surface area contributed by atoms with E-state index < -0.39 is 0 Å². The van der Waals surface area contributed by atoms with Crippen molar-refractivity contribution in [1.82, 2.24) is 0 Å². The maximum absolute atomic E-state index is 4.85. The molecule has 0 aromatic rings. The smallest absolute Gasteiger partial charge is 0.0857 e. The van der Waals surface area contributed by atoms with E-state index in [4.69, 9.17) is 4.74 Å². The van der Waals surface area contributed by atoms with Crippen molar-refractivity contribution in [3.8, 4) is 0 Å². The lowest BCUT2D eigenvalue weighted by Gasteiger charge is -1.95. The minimum absolute atomic E-state index is 0.731. The van der Waals surface area contributed by atoms with Gasteiger partial charge in [-0.1, -0.05) is 47.6 Å². The molecule has 0 aromatic heterocycles. The van der Waals surface area contributed by atoms with E-state index in [1.807, 2.05) is 27.7 Å². The molecule has 1 nitrogen and oxygen atoms in total. The van der Waals surface area contributed by atoms with Crippen LogP contribution in [0, 0.1) is 5.92 Å². The molecule has 0 bridgehead atoms. The fraction of sp³-hybridized carbons (Fsp3) is 0.833. The van der Waals surface area contributed by atoms with Crippen molar-refractivity contribution in [1.29, 1.82) is 0 Å². The molecule has 82 valence electrons.